The van der Waals surface area contributed by atoms with Crippen molar-refractivity contribution in [3.05, 3.63) is 0 Å². The Balaban J connectivity index is 3.98. The Morgan fingerprint density at radius 1 is 0.800 bits per heavy atom. The molecule has 0 aliphatic heterocycles. The molecule has 0 saturated carbocycles. The number of carbonyl (C=O) groups is 1. The standard InChI is InChI=1S/C17H34ClNO/c1-3-5-7-11-15-19(16-12-8-6-4-2)17(20)13-9-10-14-18/h3-16H2,1-2H3. The number of nitrogens with zero attached hydrogens (tertiary/aromatic N) is 1. The lowest BCUT2D eigenvalue weighted by atomic mass is 10.1. The molecular weight excluding hydrogens is 270 g/mol. The molecule has 0 atom stereocenters. The Bertz CT molecular complexity index is 209. The molecule has 0 saturated heterocycles. The molecule has 0 aromatic heterocycles. The van der Waals surface area contributed by atoms with Gasteiger partial charge in [-0.25, -0.2) is 0 Å². The molecule has 0 heterocycles. The highest BCUT2D eigenvalue weighted by molar-refractivity contribution is 6.17. The predicted molar refractivity (Wildman–Crippen MR) is 89.4 cm³/mol. The van der Waals surface area contributed by atoms with Gasteiger partial charge in [0.05, 0.1) is 0 Å². The lowest BCUT2D eigenvalue weighted by molar-refractivity contribution is -0.131. The summed E-state index contributed by atoms with van der Waals surface area (Å²) in [6, 6.07) is 0. The minimum absolute atomic E-state index is 0.336. The minimum atomic E-state index is 0.336. The molecule has 0 fully saturated rings. The number of alkyl halides is 1. The van der Waals surface area contributed by atoms with E-state index in [1.165, 1.54) is 38.5 Å². The molecular formula is C17H34ClNO. The summed E-state index contributed by atoms with van der Waals surface area (Å²) >= 11 is 5.68. The zero-order chi connectivity index (χ0) is 15.1. The van der Waals surface area contributed by atoms with Crippen molar-refractivity contribution in [3.8, 4) is 0 Å². The summed E-state index contributed by atoms with van der Waals surface area (Å²) < 4.78 is 0. The third kappa shape index (κ3) is 11.6. The summed E-state index contributed by atoms with van der Waals surface area (Å²) in [6.45, 7) is 6.34. The van der Waals surface area contributed by atoms with Crippen molar-refractivity contribution in [1.29, 1.82) is 0 Å². The monoisotopic (exact) mass is 303 g/mol. The first-order valence-electron chi connectivity index (χ1n) is 8.60. The molecule has 0 radical (unpaired) electrons. The van der Waals surface area contributed by atoms with Crippen molar-refractivity contribution in [3.63, 3.8) is 0 Å². The van der Waals surface area contributed by atoms with Gasteiger partial charge in [-0.3, -0.25) is 4.79 Å². The van der Waals surface area contributed by atoms with Gasteiger partial charge < -0.3 is 4.90 Å². The molecule has 0 aromatic carbocycles. The highest BCUT2D eigenvalue weighted by Crippen LogP contribution is 2.09. The average Bonchev–Trinajstić information content (AvgIpc) is 2.45. The van der Waals surface area contributed by atoms with E-state index in [1.807, 2.05) is 0 Å². The molecule has 0 aliphatic carbocycles. The van der Waals surface area contributed by atoms with E-state index < -0.39 is 0 Å². The van der Waals surface area contributed by atoms with E-state index in [4.69, 9.17) is 11.6 Å². The van der Waals surface area contributed by atoms with Crippen LogP contribution in [-0.2, 0) is 4.79 Å². The van der Waals surface area contributed by atoms with Gasteiger partial charge in [-0.15, -0.1) is 11.6 Å². The fourth-order valence-electron chi connectivity index (χ4n) is 2.35. The maximum Gasteiger partial charge on any atom is 0.222 e. The van der Waals surface area contributed by atoms with E-state index in [1.54, 1.807) is 0 Å². The number of carbonyl (C=O) groups excluding carboxylic acids is 1. The number of hydrogen-bond donors (Lipinski definition) is 0. The van der Waals surface area contributed by atoms with Crippen LogP contribution in [-0.4, -0.2) is 29.8 Å². The van der Waals surface area contributed by atoms with Crippen molar-refractivity contribution in [1.82, 2.24) is 4.90 Å². The smallest absolute Gasteiger partial charge is 0.222 e. The quantitative estimate of drug-likeness (QED) is 0.311. The van der Waals surface area contributed by atoms with Crippen LogP contribution in [0.15, 0.2) is 0 Å². The van der Waals surface area contributed by atoms with E-state index in [-0.39, 0.29) is 0 Å². The number of halogens is 1. The minimum Gasteiger partial charge on any atom is -0.343 e. The van der Waals surface area contributed by atoms with Gasteiger partial charge in [-0.1, -0.05) is 52.4 Å². The van der Waals surface area contributed by atoms with E-state index in [9.17, 15) is 4.79 Å². The summed E-state index contributed by atoms with van der Waals surface area (Å²) in [5.41, 5.74) is 0. The molecule has 0 unspecified atom stereocenters. The predicted octanol–water partition coefficient (Wildman–Crippen LogP) is 5.38. The van der Waals surface area contributed by atoms with Gasteiger partial charge >= 0.3 is 0 Å². The lowest BCUT2D eigenvalue weighted by Crippen LogP contribution is -2.32. The van der Waals surface area contributed by atoms with Crippen molar-refractivity contribution >= 4 is 17.5 Å². The molecule has 0 aromatic rings. The number of hydrogen-bond acceptors (Lipinski definition) is 1. The first kappa shape index (κ1) is 19.8. The van der Waals surface area contributed by atoms with Gasteiger partial charge in [0, 0.05) is 25.4 Å². The Labute approximate surface area is 131 Å². The Morgan fingerprint density at radius 2 is 1.35 bits per heavy atom. The van der Waals surface area contributed by atoms with Crippen LogP contribution in [0.25, 0.3) is 0 Å². The molecule has 0 N–H and O–H groups in total. The molecule has 120 valence electrons. The van der Waals surface area contributed by atoms with Gasteiger partial charge in [0.25, 0.3) is 0 Å². The fraction of sp³-hybridized carbons (Fsp3) is 0.941. The van der Waals surface area contributed by atoms with Crippen LogP contribution in [0, 0.1) is 0 Å². The molecule has 2 nitrogen and oxygen atoms in total. The molecule has 0 aliphatic rings. The zero-order valence-electron chi connectivity index (χ0n) is 13.6. The molecule has 20 heavy (non-hydrogen) atoms. The summed E-state index contributed by atoms with van der Waals surface area (Å²) in [7, 11) is 0. The summed E-state index contributed by atoms with van der Waals surface area (Å²) in [5, 5.41) is 0. The van der Waals surface area contributed by atoms with E-state index in [2.05, 4.69) is 18.7 Å². The van der Waals surface area contributed by atoms with Crippen LogP contribution >= 0.6 is 11.6 Å². The van der Waals surface area contributed by atoms with Crippen LogP contribution in [0.2, 0.25) is 0 Å². The maximum absolute atomic E-state index is 12.2. The molecule has 0 bridgehead atoms. The summed E-state index contributed by atoms with van der Waals surface area (Å²) in [6.07, 6.45) is 12.4. The van der Waals surface area contributed by atoms with E-state index in [0.717, 1.165) is 38.8 Å². The van der Waals surface area contributed by atoms with E-state index >= 15 is 0 Å². The van der Waals surface area contributed by atoms with Gasteiger partial charge in [0.1, 0.15) is 0 Å². The Morgan fingerprint density at radius 3 is 1.80 bits per heavy atom. The van der Waals surface area contributed by atoms with Crippen molar-refractivity contribution < 1.29 is 4.79 Å². The van der Waals surface area contributed by atoms with Crippen molar-refractivity contribution in [2.75, 3.05) is 19.0 Å². The highest BCUT2D eigenvalue weighted by Gasteiger charge is 2.12. The van der Waals surface area contributed by atoms with Crippen LogP contribution in [0.1, 0.15) is 84.5 Å². The SMILES string of the molecule is CCCCCCN(CCCCCC)C(=O)CCCCCl. The fourth-order valence-corrected chi connectivity index (χ4v) is 2.54. The van der Waals surface area contributed by atoms with Crippen LogP contribution in [0.4, 0.5) is 0 Å². The second kappa shape index (κ2) is 15.2. The first-order valence-corrected chi connectivity index (χ1v) is 9.13. The van der Waals surface area contributed by atoms with Crippen molar-refractivity contribution in [2.45, 2.75) is 84.5 Å². The van der Waals surface area contributed by atoms with Crippen LogP contribution in [0.3, 0.4) is 0 Å². The Kier molecular flexibility index (Phi) is 15.0. The number of rotatable bonds is 14. The molecule has 1 amide bonds. The molecule has 3 heteroatoms. The Hall–Kier alpha value is -0.240. The molecule has 0 spiro atoms. The lowest BCUT2D eigenvalue weighted by Gasteiger charge is -2.23. The summed E-state index contributed by atoms with van der Waals surface area (Å²) in [4.78, 5) is 14.3. The van der Waals surface area contributed by atoms with Crippen LogP contribution < -0.4 is 0 Å². The maximum atomic E-state index is 12.2. The van der Waals surface area contributed by atoms with Gasteiger partial charge in [0.15, 0.2) is 0 Å². The summed E-state index contributed by atoms with van der Waals surface area (Å²) in [5.74, 6) is 1.00. The molecule has 0 rings (SSSR count). The first-order chi connectivity index (χ1) is 9.76. The van der Waals surface area contributed by atoms with Gasteiger partial charge in [0.2, 0.25) is 5.91 Å². The third-order valence-corrected chi connectivity index (χ3v) is 3.96. The zero-order valence-corrected chi connectivity index (χ0v) is 14.4. The van der Waals surface area contributed by atoms with Crippen LogP contribution in [0.5, 0.6) is 0 Å². The second-order valence-corrected chi connectivity index (χ2v) is 6.03. The van der Waals surface area contributed by atoms with Crippen molar-refractivity contribution in [2.24, 2.45) is 0 Å². The second-order valence-electron chi connectivity index (χ2n) is 5.65. The average molecular weight is 304 g/mol. The highest BCUT2D eigenvalue weighted by atomic mass is 35.5. The largest absolute Gasteiger partial charge is 0.343 e. The van der Waals surface area contributed by atoms with Gasteiger partial charge in [-0.2, -0.15) is 0 Å². The number of unbranched alkanes of at least 4 members (excludes halogenated alkanes) is 7. The third-order valence-electron chi connectivity index (χ3n) is 3.69. The normalized spacial score (nSPS) is 10.8. The number of amides is 1. The topological polar surface area (TPSA) is 20.3 Å². The van der Waals surface area contributed by atoms with E-state index in [0.29, 0.717) is 18.2 Å². The van der Waals surface area contributed by atoms with Gasteiger partial charge in [-0.05, 0) is 25.7 Å².